The summed E-state index contributed by atoms with van der Waals surface area (Å²) in [7, 11) is 3.02. The van der Waals surface area contributed by atoms with Crippen molar-refractivity contribution >= 4 is 5.97 Å². The van der Waals surface area contributed by atoms with Gasteiger partial charge in [0.1, 0.15) is 17.2 Å². The Morgan fingerprint density at radius 2 is 2.11 bits per heavy atom. The number of carboxylic acid groups (broad SMARTS) is 1. The van der Waals surface area contributed by atoms with Crippen LogP contribution < -0.4 is 9.47 Å². The van der Waals surface area contributed by atoms with Gasteiger partial charge < -0.3 is 14.6 Å². The summed E-state index contributed by atoms with van der Waals surface area (Å²) < 4.78 is 11.4. The quantitative estimate of drug-likeness (QED) is 0.869. The number of aromatic nitrogens is 3. The summed E-state index contributed by atoms with van der Waals surface area (Å²) in [4.78, 5) is 11.0. The highest BCUT2D eigenvalue weighted by atomic mass is 16.5. The second-order valence-corrected chi connectivity index (χ2v) is 3.37. The largest absolute Gasteiger partial charge is 0.497 e. The second-order valence-electron chi connectivity index (χ2n) is 3.37. The minimum atomic E-state index is -1.11. The predicted molar refractivity (Wildman–Crippen MR) is 61.4 cm³/mol. The maximum absolute atomic E-state index is 11.0. The van der Waals surface area contributed by atoms with Gasteiger partial charge in [0.15, 0.2) is 5.69 Å². The van der Waals surface area contributed by atoms with Gasteiger partial charge in [0, 0.05) is 6.07 Å². The maximum atomic E-state index is 11.0. The fourth-order valence-electron chi connectivity index (χ4n) is 1.52. The third-order valence-electron chi connectivity index (χ3n) is 2.38. The molecule has 94 valence electrons. The van der Waals surface area contributed by atoms with Crippen molar-refractivity contribution in [3.63, 3.8) is 0 Å². The first kappa shape index (κ1) is 11.9. The van der Waals surface area contributed by atoms with E-state index in [9.17, 15) is 4.79 Å². The monoisotopic (exact) mass is 249 g/mol. The average molecular weight is 249 g/mol. The van der Waals surface area contributed by atoms with E-state index in [1.165, 1.54) is 25.1 Å². The molecule has 0 saturated carbocycles. The van der Waals surface area contributed by atoms with E-state index in [0.717, 1.165) is 0 Å². The summed E-state index contributed by atoms with van der Waals surface area (Å²) in [5.41, 5.74) is 0.437. The van der Waals surface area contributed by atoms with Crippen molar-refractivity contribution in [2.75, 3.05) is 14.2 Å². The van der Waals surface area contributed by atoms with Crippen molar-refractivity contribution in [3.8, 4) is 17.2 Å². The number of hydrogen-bond acceptors (Lipinski definition) is 5. The first-order valence-electron chi connectivity index (χ1n) is 5.03. The zero-order valence-corrected chi connectivity index (χ0v) is 9.82. The van der Waals surface area contributed by atoms with Crippen LogP contribution in [0.25, 0.3) is 5.69 Å². The fourth-order valence-corrected chi connectivity index (χ4v) is 1.52. The van der Waals surface area contributed by atoms with E-state index in [1.54, 1.807) is 18.2 Å². The molecule has 0 bridgehead atoms. The first-order valence-corrected chi connectivity index (χ1v) is 5.03. The minimum absolute atomic E-state index is 0.0431. The third-order valence-corrected chi connectivity index (χ3v) is 2.38. The van der Waals surface area contributed by atoms with E-state index >= 15 is 0 Å². The smallest absolute Gasteiger partial charge is 0.356 e. The summed E-state index contributed by atoms with van der Waals surface area (Å²) >= 11 is 0. The molecule has 0 unspecified atom stereocenters. The van der Waals surface area contributed by atoms with Gasteiger partial charge in [-0.15, -0.1) is 5.10 Å². The molecule has 1 aromatic carbocycles. The lowest BCUT2D eigenvalue weighted by Crippen LogP contribution is -2.09. The lowest BCUT2D eigenvalue weighted by molar-refractivity contribution is 0.0687. The molecule has 0 spiro atoms. The normalized spacial score (nSPS) is 10.1. The molecule has 7 nitrogen and oxygen atoms in total. The molecule has 0 aliphatic rings. The van der Waals surface area contributed by atoms with Gasteiger partial charge in [-0.3, -0.25) is 0 Å². The number of nitrogens with zero attached hydrogens (tertiary/aromatic N) is 3. The van der Waals surface area contributed by atoms with E-state index < -0.39 is 5.97 Å². The number of benzene rings is 1. The van der Waals surface area contributed by atoms with E-state index in [0.29, 0.717) is 17.2 Å². The number of carbonyl (C=O) groups is 1. The summed E-state index contributed by atoms with van der Waals surface area (Å²) in [5.74, 6) is -0.0622. The molecule has 0 radical (unpaired) electrons. The van der Waals surface area contributed by atoms with Crippen LogP contribution in [0.15, 0.2) is 24.4 Å². The van der Waals surface area contributed by atoms with Crippen LogP contribution in [0.3, 0.4) is 0 Å². The van der Waals surface area contributed by atoms with E-state index in [4.69, 9.17) is 14.6 Å². The zero-order chi connectivity index (χ0) is 13.1. The number of ether oxygens (including phenoxy) is 2. The lowest BCUT2D eigenvalue weighted by atomic mass is 10.2. The molecule has 0 aliphatic carbocycles. The number of carboxylic acids is 1. The number of hydrogen-bond donors (Lipinski definition) is 1. The Bertz CT molecular complexity index is 579. The van der Waals surface area contributed by atoms with Crippen LogP contribution in [-0.2, 0) is 0 Å². The zero-order valence-electron chi connectivity index (χ0n) is 9.82. The third kappa shape index (κ3) is 1.97. The molecular weight excluding hydrogens is 238 g/mol. The molecule has 2 rings (SSSR count). The molecule has 7 heteroatoms. The molecule has 1 heterocycles. The van der Waals surface area contributed by atoms with Crippen LogP contribution >= 0.6 is 0 Å². The van der Waals surface area contributed by atoms with Gasteiger partial charge in [0.2, 0.25) is 0 Å². The Morgan fingerprint density at radius 3 is 2.72 bits per heavy atom. The van der Waals surface area contributed by atoms with Crippen LogP contribution in [0.2, 0.25) is 0 Å². The van der Waals surface area contributed by atoms with Gasteiger partial charge in [0.25, 0.3) is 0 Å². The summed E-state index contributed by atoms with van der Waals surface area (Å²) in [6.45, 7) is 0. The molecule has 0 saturated heterocycles. The molecule has 0 aliphatic heterocycles. The standard InChI is InChI=1S/C11H11N3O4/c1-17-7-3-4-8(10(5-7)18-2)14-9(11(15)16)6-12-13-14/h3-6H,1-2H3,(H,15,16). The Morgan fingerprint density at radius 1 is 1.33 bits per heavy atom. The van der Waals surface area contributed by atoms with Crippen molar-refractivity contribution in [1.82, 2.24) is 15.0 Å². The Kier molecular flexibility index (Phi) is 3.13. The SMILES string of the molecule is COc1ccc(-n2nncc2C(=O)O)c(OC)c1. The maximum Gasteiger partial charge on any atom is 0.356 e. The topological polar surface area (TPSA) is 86.5 Å². The summed E-state index contributed by atoms with van der Waals surface area (Å²) in [6, 6.07) is 4.98. The number of rotatable bonds is 4. The first-order chi connectivity index (χ1) is 8.67. The Balaban J connectivity index is 2.56. The Labute approximate surface area is 103 Å². The van der Waals surface area contributed by atoms with Crippen molar-refractivity contribution in [1.29, 1.82) is 0 Å². The summed E-state index contributed by atoms with van der Waals surface area (Å²) in [5, 5.41) is 16.3. The van der Waals surface area contributed by atoms with Crippen LogP contribution in [-0.4, -0.2) is 40.3 Å². The minimum Gasteiger partial charge on any atom is -0.497 e. The van der Waals surface area contributed by atoms with E-state index in [2.05, 4.69) is 10.3 Å². The van der Waals surface area contributed by atoms with Gasteiger partial charge in [0.05, 0.1) is 20.4 Å². The van der Waals surface area contributed by atoms with Crippen molar-refractivity contribution in [2.24, 2.45) is 0 Å². The van der Waals surface area contributed by atoms with Crippen molar-refractivity contribution in [2.45, 2.75) is 0 Å². The fraction of sp³-hybridized carbons (Fsp3) is 0.182. The lowest BCUT2D eigenvalue weighted by Gasteiger charge is -2.10. The van der Waals surface area contributed by atoms with Crippen LogP contribution in [0, 0.1) is 0 Å². The second kappa shape index (κ2) is 4.74. The van der Waals surface area contributed by atoms with Gasteiger partial charge in [-0.2, -0.15) is 0 Å². The molecular formula is C11H11N3O4. The van der Waals surface area contributed by atoms with Gasteiger partial charge in [-0.05, 0) is 12.1 Å². The van der Waals surface area contributed by atoms with Crippen LogP contribution in [0.5, 0.6) is 11.5 Å². The van der Waals surface area contributed by atoms with E-state index in [-0.39, 0.29) is 5.69 Å². The highest BCUT2D eigenvalue weighted by Gasteiger charge is 2.16. The number of methoxy groups -OCH3 is 2. The molecule has 0 fully saturated rings. The highest BCUT2D eigenvalue weighted by Crippen LogP contribution is 2.27. The van der Waals surface area contributed by atoms with Gasteiger partial charge in [-0.1, -0.05) is 5.21 Å². The Hall–Kier alpha value is -2.57. The summed E-state index contributed by atoms with van der Waals surface area (Å²) in [6.07, 6.45) is 1.17. The van der Waals surface area contributed by atoms with Crippen LogP contribution in [0.1, 0.15) is 10.5 Å². The molecule has 0 atom stereocenters. The molecule has 18 heavy (non-hydrogen) atoms. The predicted octanol–water partition coefficient (Wildman–Crippen LogP) is 0.983. The average Bonchev–Trinajstić information content (AvgIpc) is 2.87. The molecule has 2 aromatic rings. The van der Waals surface area contributed by atoms with Gasteiger partial charge >= 0.3 is 5.97 Å². The highest BCUT2D eigenvalue weighted by molar-refractivity contribution is 5.86. The van der Waals surface area contributed by atoms with Crippen molar-refractivity contribution in [3.05, 3.63) is 30.1 Å². The molecule has 0 amide bonds. The van der Waals surface area contributed by atoms with Crippen LogP contribution in [0.4, 0.5) is 0 Å². The molecule has 1 N–H and O–H groups in total. The van der Waals surface area contributed by atoms with Crippen molar-refractivity contribution < 1.29 is 19.4 Å². The molecule has 1 aromatic heterocycles. The van der Waals surface area contributed by atoms with Gasteiger partial charge in [-0.25, -0.2) is 9.48 Å². The number of aromatic carboxylic acids is 1. The van der Waals surface area contributed by atoms with E-state index in [1.807, 2.05) is 0 Å².